The highest BCUT2D eigenvalue weighted by molar-refractivity contribution is 5.81. The van der Waals surface area contributed by atoms with Crippen LogP contribution in [0.3, 0.4) is 0 Å². The summed E-state index contributed by atoms with van der Waals surface area (Å²) in [7, 11) is 1.50. The van der Waals surface area contributed by atoms with Gasteiger partial charge in [-0.3, -0.25) is 9.59 Å². The molecule has 0 saturated carbocycles. The third kappa shape index (κ3) is 4.74. The smallest absolute Gasteiger partial charge is 0.248 e. The van der Waals surface area contributed by atoms with Gasteiger partial charge in [0, 0.05) is 38.5 Å². The van der Waals surface area contributed by atoms with Gasteiger partial charge in [-0.2, -0.15) is 5.10 Å². The molecule has 0 radical (unpaired) electrons. The van der Waals surface area contributed by atoms with Crippen molar-refractivity contribution in [2.24, 2.45) is 5.92 Å². The number of para-hydroxylation sites is 1. The number of aromatic nitrogens is 2. The molecule has 144 valence electrons. The maximum Gasteiger partial charge on any atom is 0.248 e. The van der Waals surface area contributed by atoms with Crippen LogP contribution in [0.2, 0.25) is 0 Å². The molecule has 0 bridgehead atoms. The van der Waals surface area contributed by atoms with Gasteiger partial charge >= 0.3 is 0 Å². The molecule has 1 fully saturated rings. The number of hydrogen-bond acceptors (Lipinski definition) is 4. The Hall–Kier alpha value is -2.67. The van der Waals surface area contributed by atoms with Crippen LogP contribution in [0.1, 0.15) is 24.0 Å². The van der Waals surface area contributed by atoms with Crippen molar-refractivity contribution < 1.29 is 14.3 Å². The first-order valence-electron chi connectivity index (χ1n) is 9.22. The lowest BCUT2D eigenvalue weighted by atomic mass is 9.97. The first-order valence-corrected chi connectivity index (χ1v) is 9.22. The minimum Gasteiger partial charge on any atom is -0.375 e. The summed E-state index contributed by atoms with van der Waals surface area (Å²) in [5.41, 5.74) is 3.10. The van der Waals surface area contributed by atoms with E-state index in [-0.39, 0.29) is 24.3 Å². The fourth-order valence-electron chi connectivity index (χ4n) is 3.37. The molecule has 7 nitrogen and oxygen atoms in total. The van der Waals surface area contributed by atoms with Crippen LogP contribution in [0.4, 0.5) is 0 Å². The fraction of sp³-hybridized carbons (Fsp3) is 0.450. The number of methoxy groups -OCH3 is 1. The largest absolute Gasteiger partial charge is 0.375 e. The minimum absolute atomic E-state index is 0.0199. The Bertz CT molecular complexity index is 802. The summed E-state index contributed by atoms with van der Waals surface area (Å²) in [5.74, 6) is -0.256. The van der Waals surface area contributed by atoms with Crippen LogP contribution < -0.4 is 5.32 Å². The van der Waals surface area contributed by atoms with Gasteiger partial charge in [-0.05, 0) is 31.4 Å². The van der Waals surface area contributed by atoms with E-state index in [1.807, 2.05) is 42.1 Å². The number of nitrogens with zero attached hydrogens (tertiary/aromatic N) is 3. The normalized spacial score (nSPS) is 17.0. The van der Waals surface area contributed by atoms with Crippen molar-refractivity contribution in [3.05, 3.63) is 47.8 Å². The Morgan fingerprint density at radius 1 is 1.33 bits per heavy atom. The molecule has 0 spiro atoms. The van der Waals surface area contributed by atoms with Gasteiger partial charge in [-0.1, -0.05) is 18.2 Å². The SMILES string of the molecule is COCC(=O)N1CCC[C@@H](C(=O)NCc2cnn(-c3ccccc3C)c2)C1. The van der Waals surface area contributed by atoms with Crippen LogP contribution in [0, 0.1) is 12.8 Å². The lowest BCUT2D eigenvalue weighted by Crippen LogP contribution is -2.46. The molecule has 1 aliphatic rings. The fourth-order valence-corrected chi connectivity index (χ4v) is 3.37. The molecule has 1 aromatic carbocycles. The molecule has 2 heterocycles. The maximum absolute atomic E-state index is 12.5. The zero-order chi connectivity index (χ0) is 19.2. The summed E-state index contributed by atoms with van der Waals surface area (Å²) in [6.07, 6.45) is 5.32. The summed E-state index contributed by atoms with van der Waals surface area (Å²) >= 11 is 0. The van der Waals surface area contributed by atoms with E-state index in [2.05, 4.69) is 10.4 Å². The van der Waals surface area contributed by atoms with Crippen LogP contribution in [0.5, 0.6) is 0 Å². The predicted octanol–water partition coefficient (Wildman–Crippen LogP) is 1.68. The number of carbonyl (C=O) groups is 2. The molecule has 1 atom stereocenters. The molecule has 1 saturated heterocycles. The molecule has 0 unspecified atom stereocenters. The predicted molar refractivity (Wildman–Crippen MR) is 101 cm³/mol. The number of piperidine rings is 1. The number of aryl methyl sites for hydroxylation is 1. The third-order valence-corrected chi connectivity index (χ3v) is 4.88. The van der Waals surface area contributed by atoms with Gasteiger partial charge in [-0.25, -0.2) is 4.68 Å². The van der Waals surface area contributed by atoms with E-state index in [0.29, 0.717) is 19.6 Å². The van der Waals surface area contributed by atoms with Gasteiger partial charge in [0.25, 0.3) is 0 Å². The first-order chi connectivity index (χ1) is 13.1. The monoisotopic (exact) mass is 370 g/mol. The molecule has 2 amide bonds. The number of rotatable bonds is 6. The second kappa shape index (κ2) is 8.81. The van der Waals surface area contributed by atoms with Crippen molar-refractivity contribution in [3.63, 3.8) is 0 Å². The van der Waals surface area contributed by atoms with Crippen LogP contribution >= 0.6 is 0 Å². The summed E-state index contributed by atoms with van der Waals surface area (Å²) in [6, 6.07) is 8.02. The van der Waals surface area contributed by atoms with E-state index in [1.54, 1.807) is 11.1 Å². The lowest BCUT2D eigenvalue weighted by Gasteiger charge is -2.31. The Kier molecular flexibility index (Phi) is 6.24. The standard InChI is InChI=1S/C20H26N4O3/c1-15-6-3-4-8-18(15)24-12-16(11-22-24)10-21-20(26)17-7-5-9-23(13-17)19(25)14-27-2/h3-4,6,8,11-12,17H,5,7,9-10,13-14H2,1-2H3,(H,21,26)/t17-/m1/s1. The molecule has 1 N–H and O–H groups in total. The summed E-state index contributed by atoms with van der Waals surface area (Å²) in [6.45, 7) is 3.67. The van der Waals surface area contributed by atoms with Gasteiger partial charge in [0.05, 0.1) is 17.8 Å². The van der Waals surface area contributed by atoms with Gasteiger partial charge in [-0.15, -0.1) is 0 Å². The second-order valence-electron chi connectivity index (χ2n) is 6.91. The summed E-state index contributed by atoms with van der Waals surface area (Å²) in [4.78, 5) is 26.2. The molecule has 0 aliphatic carbocycles. The maximum atomic E-state index is 12.5. The van der Waals surface area contributed by atoms with E-state index >= 15 is 0 Å². The van der Waals surface area contributed by atoms with E-state index in [9.17, 15) is 9.59 Å². The molecular weight excluding hydrogens is 344 g/mol. The quantitative estimate of drug-likeness (QED) is 0.839. The highest BCUT2D eigenvalue weighted by Crippen LogP contribution is 2.17. The van der Waals surface area contributed by atoms with Gasteiger partial charge in [0.1, 0.15) is 6.61 Å². The van der Waals surface area contributed by atoms with Gasteiger partial charge in [0.15, 0.2) is 0 Å². The van der Waals surface area contributed by atoms with Crippen molar-refractivity contribution in [2.75, 3.05) is 26.8 Å². The summed E-state index contributed by atoms with van der Waals surface area (Å²) < 4.78 is 6.73. The number of nitrogens with one attached hydrogen (secondary N) is 1. The van der Waals surface area contributed by atoms with Crippen LogP contribution in [0.15, 0.2) is 36.7 Å². The molecule has 7 heteroatoms. The molecule has 1 aliphatic heterocycles. The third-order valence-electron chi connectivity index (χ3n) is 4.88. The lowest BCUT2D eigenvalue weighted by molar-refractivity contribution is -0.139. The summed E-state index contributed by atoms with van der Waals surface area (Å²) in [5, 5.41) is 7.37. The highest BCUT2D eigenvalue weighted by Gasteiger charge is 2.28. The number of amides is 2. The van der Waals surface area contributed by atoms with Crippen LogP contribution in [-0.4, -0.2) is 53.3 Å². The minimum atomic E-state index is -0.175. The average molecular weight is 370 g/mol. The van der Waals surface area contributed by atoms with Gasteiger partial charge < -0.3 is 15.0 Å². The van der Waals surface area contributed by atoms with E-state index in [0.717, 1.165) is 29.7 Å². The first kappa shape index (κ1) is 19.1. The Labute approximate surface area is 159 Å². The average Bonchev–Trinajstić information content (AvgIpc) is 3.15. The van der Waals surface area contributed by atoms with Crippen LogP contribution in [-0.2, 0) is 20.9 Å². The van der Waals surface area contributed by atoms with Gasteiger partial charge in [0.2, 0.25) is 11.8 Å². The van der Waals surface area contributed by atoms with Crippen molar-refractivity contribution in [1.29, 1.82) is 0 Å². The van der Waals surface area contributed by atoms with Crippen molar-refractivity contribution in [1.82, 2.24) is 20.0 Å². The Balaban J connectivity index is 1.55. The zero-order valence-corrected chi connectivity index (χ0v) is 15.9. The van der Waals surface area contributed by atoms with Crippen molar-refractivity contribution in [3.8, 4) is 5.69 Å². The topological polar surface area (TPSA) is 76.5 Å². The molecule has 1 aromatic heterocycles. The molecule has 27 heavy (non-hydrogen) atoms. The van der Waals surface area contributed by atoms with E-state index in [4.69, 9.17) is 4.74 Å². The van der Waals surface area contributed by atoms with Crippen molar-refractivity contribution >= 4 is 11.8 Å². The molecule has 3 rings (SSSR count). The van der Waals surface area contributed by atoms with E-state index < -0.39 is 0 Å². The zero-order valence-electron chi connectivity index (χ0n) is 15.9. The highest BCUT2D eigenvalue weighted by atomic mass is 16.5. The van der Waals surface area contributed by atoms with Crippen LogP contribution in [0.25, 0.3) is 5.69 Å². The Morgan fingerprint density at radius 2 is 2.15 bits per heavy atom. The molecule has 2 aromatic rings. The number of benzene rings is 1. The second-order valence-corrected chi connectivity index (χ2v) is 6.91. The number of hydrogen-bond donors (Lipinski definition) is 1. The molecular formula is C20H26N4O3. The number of ether oxygens (including phenoxy) is 1. The Morgan fingerprint density at radius 3 is 2.93 bits per heavy atom. The number of likely N-dealkylation sites (tertiary alicyclic amines) is 1. The van der Waals surface area contributed by atoms with Crippen molar-refractivity contribution in [2.45, 2.75) is 26.3 Å². The van der Waals surface area contributed by atoms with E-state index in [1.165, 1.54) is 7.11 Å². The number of carbonyl (C=O) groups excluding carboxylic acids is 2.